The van der Waals surface area contributed by atoms with E-state index in [4.69, 9.17) is 0 Å². The average molecular weight is 302 g/mol. The summed E-state index contributed by atoms with van der Waals surface area (Å²) in [5, 5.41) is 3.36. The summed E-state index contributed by atoms with van der Waals surface area (Å²) in [5.41, 5.74) is 1.80. The topological polar surface area (TPSA) is 42.0 Å². The summed E-state index contributed by atoms with van der Waals surface area (Å²) in [7, 11) is 0. The van der Waals surface area contributed by atoms with Crippen LogP contribution in [-0.2, 0) is 0 Å². The molecule has 1 aromatic heterocycles. The van der Waals surface area contributed by atoms with Gasteiger partial charge in [0.05, 0.1) is 6.04 Å². The molecule has 1 unspecified atom stereocenters. The van der Waals surface area contributed by atoms with Gasteiger partial charge in [0.2, 0.25) is 0 Å². The van der Waals surface area contributed by atoms with Crippen molar-refractivity contribution in [2.75, 3.05) is 5.32 Å². The molecule has 114 valence electrons. The van der Waals surface area contributed by atoms with E-state index in [1.54, 1.807) is 6.20 Å². The maximum atomic E-state index is 12.6. The molecule has 0 amide bonds. The Labute approximate surface area is 136 Å². The molecular weight excluding hydrogens is 284 g/mol. The summed E-state index contributed by atoms with van der Waals surface area (Å²) in [4.78, 5) is 16.9. The van der Waals surface area contributed by atoms with Crippen molar-refractivity contribution in [1.82, 2.24) is 4.98 Å². The molecule has 0 saturated heterocycles. The molecule has 0 aliphatic heterocycles. The normalized spacial score (nSPS) is 11.7. The molecule has 0 aliphatic rings. The van der Waals surface area contributed by atoms with Crippen LogP contribution in [-0.4, -0.2) is 10.8 Å². The summed E-state index contributed by atoms with van der Waals surface area (Å²) in [6.07, 6.45) is 2.12. The van der Waals surface area contributed by atoms with Crippen molar-refractivity contribution < 1.29 is 4.79 Å². The monoisotopic (exact) mass is 302 g/mol. The second-order valence-electron chi connectivity index (χ2n) is 5.32. The molecule has 1 N–H and O–H groups in total. The molecule has 3 aromatic rings. The second-order valence-corrected chi connectivity index (χ2v) is 5.32. The predicted molar refractivity (Wildman–Crippen MR) is 92.4 cm³/mol. The van der Waals surface area contributed by atoms with Gasteiger partial charge < -0.3 is 5.32 Å². The number of benzene rings is 2. The number of nitrogens with one attached hydrogen (secondary N) is 1. The van der Waals surface area contributed by atoms with Gasteiger partial charge in [-0.3, -0.25) is 4.79 Å². The minimum atomic E-state index is -0.112. The van der Waals surface area contributed by atoms with Gasteiger partial charge in [-0.2, -0.15) is 0 Å². The highest BCUT2D eigenvalue weighted by Gasteiger charge is 2.17. The molecule has 0 saturated carbocycles. The number of hydrogen-bond acceptors (Lipinski definition) is 3. The molecule has 3 heteroatoms. The third-order valence-corrected chi connectivity index (χ3v) is 3.67. The fourth-order valence-corrected chi connectivity index (χ4v) is 2.49. The third kappa shape index (κ3) is 4.04. The number of anilines is 1. The van der Waals surface area contributed by atoms with Crippen molar-refractivity contribution in [3.05, 3.63) is 96.2 Å². The summed E-state index contributed by atoms with van der Waals surface area (Å²) in [6.45, 7) is 0. The van der Waals surface area contributed by atoms with Gasteiger partial charge in [-0.25, -0.2) is 4.98 Å². The number of aromatic nitrogens is 1. The zero-order valence-electron chi connectivity index (χ0n) is 12.7. The number of nitrogens with zero attached hydrogens (tertiary/aromatic N) is 1. The zero-order chi connectivity index (χ0) is 15.9. The van der Waals surface area contributed by atoms with Crippen LogP contribution in [0.25, 0.3) is 0 Å². The molecule has 1 atom stereocenters. The Bertz CT molecular complexity index is 742. The molecule has 23 heavy (non-hydrogen) atoms. The van der Waals surface area contributed by atoms with Gasteiger partial charge in [-0.1, -0.05) is 66.7 Å². The summed E-state index contributed by atoms with van der Waals surface area (Å²) >= 11 is 0. The van der Waals surface area contributed by atoms with Crippen molar-refractivity contribution in [3.8, 4) is 0 Å². The number of ketones is 1. The molecule has 0 radical (unpaired) electrons. The predicted octanol–water partition coefficient (Wildman–Crippen LogP) is 4.51. The van der Waals surface area contributed by atoms with E-state index in [1.165, 1.54) is 0 Å². The number of rotatable bonds is 6. The van der Waals surface area contributed by atoms with E-state index in [-0.39, 0.29) is 11.8 Å². The van der Waals surface area contributed by atoms with E-state index in [1.807, 2.05) is 78.9 Å². The molecule has 1 heterocycles. The summed E-state index contributed by atoms with van der Waals surface area (Å²) < 4.78 is 0. The Kier molecular flexibility index (Phi) is 4.79. The summed E-state index contributed by atoms with van der Waals surface area (Å²) in [5.74, 6) is 0.880. The lowest BCUT2D eigenvalue weighted by atomic mass is 9.98. The fourth-order valence-electron chi connectivity index (χ4n) is 2.49. The summed E-state index contributed by atoms with van der Waals surface area (Å²) in [6, 6.07) is 25.0. The Morgan fingerprint density at radius 3 is 2.17 bits per heavy atom. The minimum absolute atomic E-state index is 0.112. The van der Waals surface area contributed by atoms with Gasteiger partial charge in [0.25, 0.3) is 0 Å². The van der Waals surface area contributed by atoms with Crippen molar-refractivity contribution in [1.29, 1.82) is 0 Å². The third-order valence-electron chi connectivity index (χ3n) is 3.67. The Morgan fingerprint density at radius 1 is 0.870 bits per heavy atom. The van der Waals surface area contributed by atoms with Crippen LogP contribution >= 0.6 is 0 Å². The van der Waals surface area contributed by atoms with Crippen LogP contribution in [0.15, 0.2) is 85.1 Å². The van der Waals surface area contributed by atoms with Crippen LogP contribution in [0, 0.1) is 0 Å². The smallest absolute Gasteiger partial charge is 0.165 e. The van der Waals surface area contributed by atoms with Crippen LogP contribution in [0.4, 0.5) is 5.82 Å². The van der Waals surface area contributed by atoms with Crippen LogP contribution in [0.1, 0.15) is 28.4 Å². The molecule has 0 aliphatic carbocycles. The standard InChI is InChI=1S/C20H18N2O/c23-19(17-11-5-2-6-12-17)15-18(16-9-3-1-4-10-16)22-20-13-7-8-14-21-20/h1-14,18H,15H2,(H,21,22). The highest BCUT2D eigenvalue weighted by Crippen LogP contribution is 2.23. The number of Topliss-reactive ketones (excluding diaryl/α,β-unsaturated/α-hetero) is 1. The number of pyridine rings is 1. The first-order valence-electron chi connectivity index (χ1n) is 7.64. The highest BCUT2D eigenvalue weighted by atomic mass is 16.1. The molecule has 0 fully saturated rings. The first-order valence-corrected chi connectivity index (χ1v) is 7.64. The average Bonchev–Trinajstić information content (AvgIpc) is 2.63. The van der Waals surface area contributed by atoms with Crippen LogP contribution < -0.4 is 5.32 Å². The van der Waals surface area contributed by atoms with Crippen molar-refractivity contribution in [2.24, 2.45) is 0 Å². The van der Waals surface area contributed by atoms with Gasteiger partial charge in [0.15, 0.2) is 5.78 Å². The highest BCUT2D eigenvalue weighted by molar-refractivity contribution is 5.96. The second kappa shape index (κ2) is 7.36. The van der Waals surface area contributed by atoms with Crippen molar-refractivity contribution in [3.63, 3.8) is 0 Å². The lowest BCUT2D eigenvalue weighted by molar-refractivity contribution is 0.0976. The van der Waals surface area contributed by atoms with E-state index in [2.05, 4.69) is 10.3 Å². The minimum Gasteiger partial charge on any atom is -0.363 e. The molecule has 3 nitrogen and oxygen atoms in total. The maximum absolute atomic E-state index is 12.6. The Hall–Kier alpha value is -2.94. The van der Waals surface area contributed by atoms with E-state index in [9.17, 15) is 4.79 Å². The fraction of sp³-hybridized carbons (Fsp3) is 0.100. The van der Waals surface area contributed by atoms with Crippen LogP contribution in [0.3, 0.4) is 0 Å². The quantitative estimate of drug-likeness (QED) is 0.681. The van der Waals surface area contributed by atoms with Gasteiger partial charge in [0, 0.05) is 18.2 Å². The van der Waals surface area contributed by atoms with Crippen molar-refractivity contribution >= 4 is 11.6 Å². The SMILES string of the molecule is O=C(CC(Nc1ccccn1)c1ccccc1)c1ccccc1. The van der Waals surface area contributed by atoms with E-state index in [0.29, 0.717) is 6.42 Å². The van der Waals surface area contributed by atoms with Gasteiger partial charge in [-0.05, 0) is 17.7 Å². The van der Waals surface area contributed by atoms with Gasteiger partial charge >= 0.3 is 0 Å². The molecule has 3 rings (SSSR count). The first kappa shape index (κ1) is 15.0. The lowest BCUT2D eigenvalue weighted by Gasteiger charge is -2.19. The molecule has 2 aromatic carbocycles. The molecule has 0 spiro atoms. The first-order chi connectivity index (χ1) is 11.3. The number of carbonyl (C=O) groups excluding carboxylic acids is 1. The van der Waals surface area contributed by atoms with E-state index in [0.717, 1.165) is 16.9 Å². The largest absolute Gasteiger partial charge is 0.363 e. The number of hydrogen-bond donors (Lipinski definition) is 1. The van der Waals surface area contributed by atoms with Crippen LogP contribution in [0.2, 0.25) is 0 Å². The van der Waals surface area contributed by atoms with Gasteiger partial charge in [-0.15, -0.1) is 0 Å². The Balaban J connectivity index is 1.82. The van der Waals surface area contributed by atoms with Crippen LogP contribution in [0.5, 0.6) is 0 Å². The Morgan fingerprint density at radius 2 is 1.52 bits per heavy atom. The lowest BCUT2D eigenvalue weighted by Crippen LogP contribution is -2.16. The zero-order valence-corrected chi connectivity index (χ0v) is 12.7. The molecular formula is C20H18N2O. The maximum Gasteiger partial charge on any atom is 0.165 e. The van der Waals surface area contributed by atoms with E-state index >= 15 is 0 Å². The number of carbonyl (C=O) groups is 1. The van der Waals surface area contributed by atoms with Crippen molar-refractivity contribution in [2.45, 2.75) is 12.5 Å². The van der Waals surface area contributed by atoms with E-state index < -0.39 is 0 Å². The molecule has 0 bridgehead atoms. The van der Waals surface area contributed by atoms with Gasteiger partial charge in [0.1, 0.15) is 5.82 Å².